The lowest BCUT2D eigenvalue weighted by atomic mass is 9.83. The Balaban J connectivity index is 1.25. The van der Waals surface area contributed by atoms with Gasteiger partial charge in [-0.1, -0.05) is 48.5 Å². The van der Waals surface area contributed by atoms with Crippen molar-refractivity contribution in [2.75, 3.05) is 6.61 Å². The maximum atomic E-state index is 13.0. The highest BCUT2D eigenvalue weighted by atomic mass is 16.5. The molecular formula is C28H28N2O5. The Morgan fingerprint density at radius 2 is 1.66 bits per heavy atom. The van der Waals surface area contributed by atoms with Gasteiger partial charge in [0.1, 0.15) is 12.6 Å². The number of terminal acetylenes is 1. The van der Waals surface area contributed by atoms with Gasteiger partial charge in [-0.05, 0) is 53.4 Å². The van der Waals surface area contributed by atoms with Crippen molar-refractivity contribution in [3.05, 3.63) is 59.7 Å². The van der Waals surface area contributed by atoms with Gasteiger partial charge in [0, 0.05) is 18.4 Å². The molecule has 5 atom stereocenters. The molecule has 7 nitrogen and oxygen atoms in total. The van der Waals surface area contributed by atoms with Crippen molar-refractivity contribution in [1.29, 1.82) is 0 Å². The molecule has 0 heterocycles. The first kappa shape index (κ1) is 23.0. The molecule has 3 aliphatic rings. The van der Waals surface area contributed by atoms with Crippen LogP contribution in [0.3, 0.4) is 0 Å². The van der Waals surface area contributed by atoms with Gasteiger partial charge in [0.05, 0.1) is 5.92 Å². The number of carbonyl (C=O) groups is 3. The number of rotatable bonds is 7. The minimum absolute atomic E-state index is 0.0487. The van der Waals surface area contributed by atoms with E-state index in [-0.39, 0.29) is 42.7 Å². The number of amides is 2. The number of fused-ring (bicyclic) bond motifs is 5. The van der Waals surface area contributed by atoms with Crippen molar-refractivity contribution < 1.29 is 24.2 Å². The summed E-state index contributed by atoms with van der Waals surface area (Å²) in [6, 6.07) is 14.7. The first-order valence-electron chi connectivity index (χ1n) is 12.1. The number of aliphatic carboxylic acids is 1. The summed E-state index contributed by atoms with van der Waals surface area (Å²) in [7, 11) is 0. The summed E-state index contributed by atoms with van der Waals surface area (Å²) in [4.78, 5) is 37.3. The van der Waals surface area contributed by atoms with Gasteiger partial charge in [-0.15, -0.1) is 12.3 Å². The Kier molecular flexibility index (Phi) is 6.21. The number of nitrogens with one attached hydrogen (secondary N) is 2. The second-order valence-electron chi connectivity index (χ2n) is 9.66. The molecule has 5 unspecified atom stereocenters. The van der Waals surface area contributed by atoms with Crippen LogP contribution in [0.4, 0.5) is 4.79 Å². The summed E-state index contributed by atoms with van der Waals surface area (Å²) in [5, 5.41) is 14.9. The summed E-state index contributed by atoms with van der Waals surface area (Å²) < 4.78 is 5.69. The lowest BCUT2D eigenvalue weighted by Gasteiger charge is -2.31. The van der Waals surface area contributed by atoms with Crippen molar-refractivity contribution in [2.45, 2.75) is 43.7 Å². The fourth-order valence-electron chi connectivity index (χ4n) is 6.24. The van der Waals surface area contributed by atoms with Crippen LogP contribution >= 0.6 is 0 Å². The monoisotopic (exact) mass is 472 g/mol. The first-order valence-corrected chi connectivity index (χ1v) is 12.1. The quantitative estimate of drug-likeness (QED) is 0.535. The highest BCUT2D eigenvalue weighted by Gasteiger charge is 2.52. The van der Waals surface area contributed by atoms with E-state index in [1.807, 2.05) is 24.3 Å². The zero-order valence-corrected chi connectivity index (χ0v) is 19.3. The minimum Gasteiger partial charge on any atom is -0.480 e. The second kappa shape index (κ2) is 9.46. The van der Waals surface area contributed by atoms with E-state index < -0.39 is 24.0 Å². The number of hydrogen-bond acceptors (Lipinski definition) is 4. The molecule has 2 amide bonds. The first-order chi connectivity index (χ1) is 17.0. The number of carboxylic acids is 1. The van der Waals surface area contributed by atoms with Crippen LogP contribution in [0.5, 0.6) is 0 Å². The maximum absolute atomic E-state index is 13.0. The van der Waals surface area contributed by atoms with E-state index in [1.54, 1.807) is 0 Å². The third-order valence-corrected chi connectivity index (χ3v) is 7.78. The number of carboxylic acid groups (broad SMARTS) is 1. The van der Waals surface area contributed by atoms with E-state index in [2.05, 4.69) is 40.8 Å². The lowest BCUT2D eigenvalue weighted by Crippen LogP contribution is -2.52. The van der Waals surface area contributed by atoms with E-state index in [0.29, 0.717) is 0 Å². The summed E-state index contributed by atoms with van der Waals surface area (Å²) in [5.41, 5.74) is 4.57. The Bertz CT molecular complexity index is 1160. The van der Waals surface area contributed by atoms with Gasteiger partial charge in [0.15, 0.2) is 0 Å². The average molecular weight is 473 g/mol. The van der Waals surface area contributed by atoms with Gasteiger partial charge in [0.25, 0.3) is 0 Å². The van der Waals surface area contributed by atoms with Crippen LogP contribution in [-0.2, 0) is 14.3 Å². The molecule has 180 valence electrons. The minimum atomic E-state index is -1.17. The van der Waals surface area contributed by atoms with Gasteiger partial charge in [0.2, 0.25) is 5.91 Å². The van der Waals surface area contributed by atoms with Crippen LogP contribution < -0.4 is 10.6 Å². The zero-order chi connectivity index (χ0) is 24.5. The highest BCUT2D eigenvalue weighted by Crippen LogP contribution is 2.49. The highest BCUT2D eigenvalue weighted by molar-refractivity contribution is 5.86. The number of benzene rings is 2. The molecule has 2 aromatic carbocycles. The van der Waals surface area contributed by atoms with Crippen LogP contribution in [0.2, 0.25) is 0 Å². The Labute approximate surface area is 204 Å². The summed E-state index contributed by atoms with van der Waals surface area (Å²) >= 11 is 0. The molecule has 3 N–H and O–H groups in total. The Morgan fingerprint density at radius 1 is 1.03 bits per heavy atom. The van der Waals surface area contributed by atoms with Crippen LogP contribution in [0, 0.1) is 30.1 Å². The van der Waals surface area contributed by atoms with Gasteiger partial charge < -0.3 is 20.5 Å². The Morgan fingerprint density at radius 3 is 2.29 bits per heavy atom. The Hall–Kier alpha value is -3.79. The maximum Gasteiger partial charge on any atom is 0.407 e. The van der Waals surface area contributed by atoms with Crippen molar-refractivity contribution >= 4 is 18.0 Å². The standard InChI is InChI=1S/C28H28N2O5/c1-2-7-23(27(32)33)29-26(31)24-16-12-13-17(14-16)25(24)30-28(34)35-15-22-20-10-5-3-8-18(20)19-9-4-6-11-21(19)22/h1,3-6,8-11,16-17,22-25H,7,12-15H2,(H,29,31)(H,30,34)(H,32,33). The normalized spacial score (nSPS) is 24.7. The van der Waals surface area contributed by atoms with Crippen LogP contribution in [-0.4, -0.2) is 41.8 Å². The van der Waals surface area contributed by atoms with Crippen LogP contribution in [0.25, 0.3) is 11.1 Å². The number of hydrogen-bond donors (Lipinski definition) is 3. The molecule has 0 spiro atoms. The molecule has 0 aromatic heterocycles. The molecule has 2 aromatic rings. The molecular weight excluding hydrogens is 444 g/mol. The predicted molar refractivity (Wildman–Crippen MR) is 129 cm³/mol. The third kappa shape index (κ3) is 4.25. The summed E-state index contributed by atoms with van der Waals surface area (Å²) in [6.45, 7) is 0.195. The van der Waals surface area contributed by atoms with E-state index in [1.165, 1.54) is 0 Å². The molecule has 2 fully saturated rings. The van der Waals surface area contributed by atoms with Crippen molar-refractivity contribution in [2.24, 2.45) is 17.8 Å². The average Bonchev–Trinajstić information content (AvgIpc) is 3.54. The number of ether oxygens (including phenoxy) is 1. The number of carbonyl (C=O) groups excluding carboxylic acids is 2. The lowest BCUT2D eigenvalue weighted by molar-refractivity contribution is -0.142. The predicted octanol–water partition coefficient (Wildman–Crippen LogP) is 3.53. The van der Waals surface area contributed by atoms with Crippen LogP contribution in [0.15, 0.2) is 48.5 Å². The van der Waals surface area contributed by atoms with Gasteiger partial charge in [-0.25, -0.2) is 9.59 Å². The largest absolute Gasteiger partial charge is 0.480 e. The van der Waals surface area contributed by atoms with E-state index in [0.717, 1.165) is 41.5 Å². The summed E-state index contributed by atoms with van der Waals surface area (Å²) in [6.07, 6.45) is 7.26. The molecule has 5 rings (SSSR count). The fourth-order valence-corrected chi connectivity index (χ4v) is 6.24. The molecule has 3 aliphatic carbocycles. The molecule has 0 saturated heterocycles. The molecule has 2 bridgehead atoms. The van der Waals surface area contributed by atoms with Crippen molar-refractivity contribution in [1.82, 2.24) is 10.6 Å². The summed E-state index contributed by atoms with van der Waals surface area (Å²) in [5.74, 6) is 0.500. The molecule has 7 heteroatoms. The van der Waals surface area contributed by atoms with Gasteiger partial charge >= 0.3 is 12.1 Å². The SMILES string of the molecule is C#CCC(NC(=O)C1C2CCC(C2)C1NC(=O)OCC1c2ccccc2-c2ccccc21)C(=O)O. The number of alkyl carbamates (subject to hydrolysis) is 1. The smallest absolute Gasteiger partial charge is 0.407 e. The fraction of sp³-hybridized carbons (Fsp3) is 0.393. The molecule has 0 radical (unpaired) electrons. The van der Waals surface area contributed by atoms with E-state index >= 15 is 0 Å². The molecule has 0 aliphatic heterocycles. The van der Waals surface area contributed by atoms with Gasteiger partial charge in [-0.2, -0.15) is 0 Å². The van der Waals surface area contributed by atoms with E-state index in [4.69, 9.17) is 11.2 Å². The second-order valence-corrected chi connectivity index (χ2v) is 9.66. The third-order valence-electron chi connectivity index (χ3n) is 7.78. The zero-order valence-electron chi connectivity index (χ0n) is 19.3. The van der Waals surface area contributed by atoms with Crippen LogP contribution in [0.1, 0.15) is 42.7 Å². The molecule has 2 saturated carbocycles. The van der Waals surface area contributed by atoms with Crippen molar-refractivity contribution in [3.63, 3.8) is 0 Å². The molecule has 35 heavy (non-hydrogen) atoms. The van der Waals surface area contributed by atoms with Crippen molar-refractivity contribution in [3.8, 4) is 23.5 Å². The topological polar surface area (TPSA) is 105 Å². The van der Waals surface area contributed by atoms with E-state index in [9.17, 15) is 19.5 Å². The van der Waals surface area contributed by atoms with Gasteiger partial charge in [-0.3, -0.25) is 4.79 Å².